The molecule has 1 atom stereocenters. The number of methoxy groups -OCH3 is 1. The van der Waals surface area contributed by atoms with Gasteiger partial charge in [0.05, 0.1) is 19.6 Å². The lowest BCUT2D eigenvalue weighted by atomic mass is 10.0. The maximum Gasteiger partial charge on any atom is 0.387 e. The summed E-state index contributed by atoms with van der Waals surface area (Å²) in [7, 11) is 1.28. The Hall–Kier alpha value is -2.38. The van der Waals surface area contributed by atoms with Crippen molar-refractivity contribution in [2.75, 3.05) is 7.11 Å². The number of carbonyl (C=O) groups excluding carboxylic acids is 1. The van der Waals surface area contributed by atoms with Gasteiger partial charge in [-0.05, 0) is 17.7 Å². The van der Waals surface area contributed by atoms with E-state index in [1.54, 1.807) is 0 Å². The Balaban J connectivity index is 3.08. The molecule has 0 aromatic heterocycles. The first-order chi connectivity index (χ1) is 9.47. The van der Waals surface area contributed by atoms with Gasteiger partial charge in [-0.15, -0.1) is 0 Å². The van der Waals surface area contributed by atoms with Crippen LogP contribution in [-0.2, 0) is 9.59 Å². The number of rotatable bonds is 8. The van der Waals surface area contributed by atoms with Crippen LogP contribution in [0.3, 0.4) is 0 Å². The van der Waals surface area contributed by atoms with E-state index in [1.165, 1.54) is 25.3 Å². The molecule has 2 N–H and O–H groups in total. The maximum absolute atomic E-state index is 12.3. The number of benzene rings is 1. The van der Waals surface area contributed by atoms with Gasteiger partial charge in [-0.1, -0.05) is 6.07 Å². The first kappa shape index (κ1) is 15.7. The van der Waals surface area contributed by atoms with Crippen LogP contribution in [0, 0.1) is 0 Å². The molecule has 1 aromatic carbocycles. The Morgan fingerprint density at radius 3 is 2.65 bits per heavy atom. The molecule has 0 saturated carbocycles. The Bertz CT molecular complexity index is 481. The Morgan fingerprint density at radius 2 is 2.15 bits per heavy atom. The van der Waals surface area contributed by atoms with Crippen molar-refractivity contribution in [3.63, 3.8) is 0 Å². The fourth-order valence-electron chi connectivity index (χ4n) is 1.63. The molecule has 0 bridgehead atoms. The molecule has 0 spiro atoms. The summed E-state index contributed by atoms with van der Waals surface area (Å²) in [4.78, 5) is 21.2. The molecule has 0 heterocycles. The third-order valence-corrected chi connectivity index (χ3v) is 2.45. The molecule has 1 aromatic rings. The van der Waals surface area contributed by atoms with Crippen molar-refractivity contribution in [3.8, 4) is 11.5 Å². The van der Waals surface area contributed by atoms with Crippen LogP contribution in [0.5, 0.6) is 11.5 Å². The highest BCUT2D eigenvalue weighted by Gasteiger charge is 2.18. The Labute approximate surface area is 113 Å². The summed E-state index contributed by atoms with van der Waals surface area (Å²) in [6, 6.07) is 3.17. The van der Waals surface area contributed by atoms with Crippen molar-refractivity contribution in [1.29, 1.82) is 0 Å². The van der Waals surface area contributed by atoms with Crippen LogP contribution >= 0.6 is 0 Å². The number of amides is 1. The van der Waals surface area contributed by atoms with Gasteiger partial charge in [-0.2, -0.15) is 8.78 Å². The number of hydrogen-bond acceptors (Lipinski definition) is 4. The van der Waals surface area contributed by atoms with Gasteiger partial charge < -0.3 is 19.9 Å². The molecule has 1 amide bonds. The first-order valence-corrected chi connectivity index (χ1v) is 5.52. The molecule has 1 rings (SSSR count). The molecule has 110 valence electrons. The second-order valence-electron chi connectivity index (χ2n) is 3.72. The van der Waals surface area contributed by atoms with Crippen LogP contribution in [0.4, 0.5) is 8.78 Å². The fraction of sp³-hybridized carbons (Fsp3) is 0.333. The molecular formula is C12H13F2NO5. The summed E-state index contributed by atoms with van der Waals surface area (Å²) in [6.45, 7) is -3.05. The minimum Gasteiger partial charge on any atom is -0.493 e. The van der Waals surface area contributed by atoms with Crippen molar-refractivity contribution < 1.29 is 33.0 Å². The van der Waals surface area contributed by atoms with Crippen LogP contribution in [0.15, 0.2) is 18.2 Å². The second-order valence-corrected chi connectivity index (χ2v) is 3.72. The number of hydrogen-bond donors (Lipinski definition) is 2. The lowest BCUT2D eigenvalue weighted by Gasteiger charge is -2.17. The standard InChI is InChI=1S/C12H13F2NO5/c1-19-9-3-2-7(4-10(9)20-12(13)14)8(15-6-16)5-11(17)18/h2-4,6,8,12H,5H2,1H3,(H,15,16)(H,17,18)/t8-/m0/s1. The average Bonchev–Trinajstić information content (AvgIpc) is 2.37. The summed E-state index contributed by atoms with van der Waals surface area (Å²) in [5.41, 5.74) is 0.316. The lowest BCUT2D eigenvalue weighted by molar-refractivity contribution is -0.137. The van der Waals surface area contributed by atoms with Crippen LogP contribution < -0.4 is 14.8 Å². The normalized spacial score (nSPS) is 11.8. The van der Waals surface area contributed by atoms with Crippen LogP contribution in [0.25, 0.3) is 0 Å². The molecule has 0 unspecified atom stereocenters. The number of halogens is 2. The number of alkyl halides is 2. The van der Waals surface area contributed by atoms with Crippen molar-refractivity contribution in [1.82, 2.24) is 5.32 Å². The van der Waals surface area contributed by atoms with E-state index in [9.17, 15) is 18.4 Å². The van der Waals surface area contributed by atoms with Gasteiger partial charge in [0.25, 0.3) is 0 Å². The van der Waals surface area contributed by atoms with E-state index >= 15 is 0 Å². The minimum absolute atomic E-state index is 0.0780. The van der Waals surface area contributed by atoms with Gasteiger partial charge >= 0.3 is 12.6 Å². The van der Waals surface area contributed by atoms with Crippen molar-refractivity contribution in [2.24, 2.45) is 0 Å². The zero-order valence-corrected chi connectivity index (χ0v) is 10.5. The number of ether oxygens (including phenoxy) is 2. The first-order valence-electron chi connectivity index (χ1n) is 5.52. The zero-order chi connectivity index (χ0) is 15.1. The molecule has 8 heteroatoms. The molecule has 6 nitrogen and oxygen atoms in total. The van der Waals surface area contributed by atoms with Gasteiger partial charge in [-0.3, -0.25) is 9.59 Å². The van der Waals surface area contributed by atoms with E-state index in [-0.39, 0.29) is 17.9 Å². The van der Waals surface area contributed by atoms with Gasteiger partial charge in [0.2, 0.25) is 6.41 Å². The number of aliphatic carboxylic acids is 1. The predicted octanol–water partition coefficient (Wildman–Crippen LogP) is 1.56. The Kier molecular flexibility index (Phi) is 5.70. The molecule has 0 saturated heterocycles. The molecule has 0 aliphatic heterocycles. The molecule has 0 fully saturated rings. The van der Waals surface area contributed by atoms with E-state index in [1.807, 2.05) is 0 Å². The van der Waals surface area contributed by atoms with E-state index in [0.717, 1.165) is 0 Å². The third kappa shape index (κ3) is 4.38. The van der Waals surface area contributed by atoms with Crippen LogP contribution in [0.2, 0.25) is 0 Å². The van der Waals surface area contributed by atoms with Gasteiger partial charge in [0.15, 0.2) is 11.5 Å². The van der Waals surface area contributed by atoms with Gasteiger partial charge in [0.1, 0.15) is 0 Å². The predicted molar refractivity (Wildman–Crippen MR) is 63.8 cm³/mol. The highest BCUT2D eigenvalue weighted by molar-refractivity contribution is 5.68. The number of carbonyl (C=O) groups is 2. The topological polar surface area (TPSA) is 84.9 Å². The summed E-state index contributed by atoms with van der Waals surface area (Å²) in [5, 5.41) is 11.1. The third-order valence-electron chi connectivity index (χ3n) is 2.45. The maximum atomic E-state index is 12.3. The fourth-order valence-corrected chi connectivity index (χ4v) is 1.63. The summed E-state index contributed by atoms with van der Waals surface area (Å²) < 4.78 is 33.7. The van der Waals surface area contributed by atoms with Crippen molar-refractivity contribution >= 4 is 12.4 Å². The lowest BCUT2D eigenvalue weighted by Crippen LogP contribution is -2.22. The average molecular weight is 289 g/mol. The van der Waals surface area contributed by atoms with E-state index in [4.69, 9.17) is 9.84 Å². The van der Waals surface area contributed by atoms with Crippen molar-refractivity contribution in [3.05, 3.63) is 23.8 Å². The summed E-state index contributed by atoms with van der Waals surface area (Å²) >= 11 is 0. The molecule has 20 heavy (non-hydrogen) atoms. The molecule has 0 aliphatic rings. The number of carboxylic acid groups (broad SMARTS) is 1. The van der Waals surface area contributed by atoms with Crippen LogP contribution in [-0.4, -0.2) is 31.2 Å². The quantitative estimate of drug-likeness (QED) is 0.709. The molecule has 0 radical (unpaired) electrons. The monoisotopic (exact) mass is 289 g/mol. The van der Waals surface area contributed by atoms with Crippen LogP contribution in [0.1, 0.15) is 18.0 Å². The highest BCUT2D eigenvalue weighted by Crippen LogP contribution is 2.32. The molecular weight excluding hydrogens is 276 g/mol. The second kappa shape index (κ2) is 7.27. The summed E-state index contributed by atoms with van der Waals surface area (Å²) in [5.74, 6) is -1.30. The number of nitrogens with one attached hydrogen (secondary N) is 1. The van der Waals surface area contributed by atoms with Gasteiger partial charge in [0, 0.05) is 0 Å². The highest BCUT2D eigenvalue weighted by atomic mass is 19.3. The Morgan fingerprint density at radius 1 is 1.45 bits per heavy atom. The van der Waals surface area contributed by atoms with Crippen molar-refractivity contribution in [2.45, 2.75) is 19.1 Å². The smallest absolute Gasteiger partial charge is 0.387 e. The number of carboxylic acids is 1. The largest absolute Gasteiger partial charge is 0.493 e. The minimum atomic E-state index is -3.05. The van der Waals surface area contributed by atoms with Gasteiger partial charge in [-0.25, -0.2) is 0 Å². The van der Waals surface area contributed by atoms with E-state index in [2.05, 4.69) is 10.1 Å². The van der Waals surface area contributed by atoms with E-state index < -0.39 is 18.6 Å². The molecule has 0 aliphatic carbocycles. The summed E-state index contributed by atoms with van der Waals surface area (Å²) in [6.07, 6.45) is -0.0509. The SMILES string of the molecule is COc1ccc([C@H](CC(=O)O)NC=O)cc1OC(F)F. The zero-order valence-electron chi connectivity index (χ0n) is 10.5. The van der Waals surface area contributed by atoms with E-state index in [0.29, 0.717) is 12.0 Å².